The second kappa shape index (κ2) is 10.8. The number of nitrogens with zero attached hydrogens (tertiary/aromatic N) is 5. The molecule has 1 atom stereocenters. The lowest BCUT2D eigenvalue weighted by molar-refractivity contribution is 0.364. The number of nitrogens with two attached hydrogens (primary N) is 1. The van der Waals surface area contributed by atoms with Crippen LogP contribution in [0.15, 0.2) is 18.2 Å². The Morgan fingerprint density at radius 1 is 1.33 bits per heavy atom. The van der Waals surface area contributed by atoms with Crippen LogP contribution >= 0.6 is 0 Å². The summed E-state index contributed by atoms with van der Waals surface area (Å²) in [7, 11) is 1.44. The number of alkyl halides is 1. The Morgan fingerprint density at radius 2 is 2.12 bits per heavy atom. The van der Waals surface area contributed by atoms with Gasteiger partial charge in [0.25, 0.3) is 0 Å². The molecule has 0 aromatic carbocycles. The van der Waals surface area contributed by atoms with Gasteiger partial charge < -0.3 is 30.6 Å². The van der Waals surface area contributed by atoms with E-state index in [4.69, 9.17) is 20.9 Å². The summed E-state index contributed by atoms with van der Waals surface area (Å²) in [5, 5.41) is 14.6. The third-order valence-corrected chi connectivity index (χ3v) is 5.49. The maximum Gasteiger partial charge on any atom is 0.231 e. The van der Waals surface area contributed by atoms with E-state index in [2.05, 4.69) is 41.4 Å². The molecule has 33 heavy (non-hydrogen) atoms. The van der Waals surface area contributed by atoms with Gasteiger partial charge in [0.2, 0.25) is 11.8 Å². The Kier molecular flexibility index (Phi) is 8.06. The van der Waals surface area contributed by atoms with Crippen molar-refractivity contribution < 1.29 is 9.13 Å². The van der Waals surface area contributed by atoms with Gasteiger partial charge in [-0.25, -0.2) is 9.37 Å². The molecule has 0 radical (unpaired) electrons. The Labute approximate surface area is 194 Å². The minimum Gasteiger partial charge on any atom is -0.480 e. The van der Waals surface area contributed by atoms with Crippen molar-refractivity contribution in [3.8, 4) is 0 Å². The summed E-state index contributed by atoms with van der Waals surface area (Å²) >= 11 is 0. The van der Waals surface area contributed by atoms with Gasteiger partial charge in [-0.15, -0.1) is 0 Å². The van der Waals surface area contributed by atoms with Crippen LogP contribution in [0.3, 0.4) is 0 Å². The zero-order valence-electron chi connectivity index (χ0n) is 20.0. The van der Waals surface area contributed by atoms with Crippen LogP contribution in [0.5, 0.6) is 0 Å². The van der Waals surface area contributed by atoms with E-state index in [-0.39, 0.29) is 18.0 Å². The maximum atomic E-state index is 13.9. The number of rotatable bonds is 10. The molecule has 3 rings (SSSR count). The molecule has 182 valence electrons. The number of unbranched alkanes of at least 4 members (excludes halogenated alkanes) is 2. The first-order chi connectivity index (χ1) is 15.7. The van der Waals surface area contributed by atoms with Crippen LogP contribution in [-0.2, 0) is 10.3 Å². The molecular weight excluding hydrogens is 425 g/mol. The van der Waals surface area contributed by atoms with Crippen LogP contribution in [0.4, 0.5) is 16.2 Å². The van der Waals surface area contributed by atoms with Crippen LogP contribution in [0.2, 0.25) is 0 Å². The van der Waals surface area contributed by atoms with Crippen molar-refractivity contribution in [2.75, 3.05) is 43.5 Å². The predicted molar refractivity (Wildman–Crippen MR) is 129 cm³/mol. The molecule has 0 amide bonds. The summed E-state index contributed by atoms with van der Waals surface area (Å²) in [6.45, 7) is 8.44. The van der Waals surface area contributed by atoms with E-state index >= 15 is 0 Å². The topological polar surface area (TPSA) is 130 Å². The second-order valence-electron chi connectivity index (χ2n) is 9.18. The van der Waals surface area contributed by atoms with Crippen molar-refractivity contribution in [3.05, 3.63) is 18.2 Å². The fourth-order valence-corrected chi connectivity index (χ4v) is 3.63. The van der Waals surface area contributed by atoms with Gasteiger partial charge in [-0.1, -0.05) is 6.42 Å². The van der Waals surface area contributed by atoms with E-state index in [1.165, 1.54) is 7.11 Å². The van der Waals surface area contributed by atoms with Crippen LogP contribution in [-0.4, -0.2) is 64.9 Å². The Hall–Kier alpha value is -2.95. The number of anilines is 2. The van der Waals surface area contributed by atoms with Crippen LogP contribution < -0.4 is 21.3 Å². The van der Waals surface area contributed by atoms with Gasteiger partial charge in [-0.2, -0.15) is 9.97 Å². The molecule has 0 unspecified atom stereocenters. The van der Waals surface area contributed by atoms with Gasteiger partial charge in [-0.05, 0) is 46.6 Å². The molecule has 11 heteroatoms. The number of halogens is 1. The van der Waals surface area contributed by atoms with E-state index in [1.54, 1.807) is 12.5 Å². The van der Waals surface area contributed by atoms with Gasteiger partial charge in [0.1, 0.15) is 11.9 Å². The average Bonchev–Trinajstić information content (AvgIpc) is 3.40. The maximum absolute atomic E-state index is 13.9. The summed E-state index contributed by atoms with van der Waals surface area (Å²) in [6.07, 6.45) is 5.99. The van der Waals surface area contributed by atoms with Crippen molar-refractivity contribution in [2.45, 2.75) is 58.2 Å². The summed E-state index contributed by atoms with van der Waals surface area (Å²) < 4.78 is 21.0. The van der Waals surface area contributed by atoms with Crippen LogP contribution in [0, 0.1) is 5.41 Å². The molecule has 0 aliphatic carbocycles. The molecule has 10 nitrogen and oxygen atoms in total. The molecule has 1 fully saturated rings. The summed E-state index contributed by atoms with van der Waals surface area (Å²) in [4.78, 5) is 15.8. The summed E-state index contributed by atoms with van der Waals surface area (Å²) in [5.74, 6) is 0.838. The Balaban J connectivity index is 1.94. The number of hydrogen-bond acceptors (Lipinski definition) is 9. The van der Waals surface area contributed by atoms with Gasteiger partial charge in [0.15, 0.2) is 17.0 Å². The van der Waals surface area contributed by atoms with Crippen molar-refractivity contribution in [1.29, 1.82) is 5.41 Å². The minimum absolute atomic E-state index is 0.0435. The fourth-order valence-electron chi connectivity index (χ4n) is 3.63. The van der Waals surface area contributed by atoms with Crippen molar-refractivity contribution in [1.82, 2.24) is 24.8 Å². The van der Waals surface area contributed by atoms with E-state index < -0.39 is 6.17 Å². The second-order valence-corrected chi connectivity index (χ2v) is 9.18. The Bertz CT molecular complexity index is 982. The first kappa shape index (κ1) is 24.7. The number of hydrogen-bond donors (Lipinski definition) is 4. The van der Waals surface area contributed by atoms with E-state index in [0.717, 1.165) is 25.8 Å². The first-order valence-electron chi connectivity index (χ1n) is 11.4. The smallest absolute Gasteiger partial charge is 0.231 e. The molecule has 1 saturated heterocycles. The monoisotopic (exact) mass is 461 g/mol. The number of imidazole rings is 1. The molecule has 0 spiro atoms. The molecule has 3 heterocycles. The predicted octanol–water partition coefficient (Wildman–Crippen LogP) is 2.73. The number of nitrogens with one attached hydrogen (secondary N) is 3. The lowest BCUT2D eigenvalue weighted by Gasteiger charge is -2.22. The molecule has 2 aromatic heterocycles. The molecule has 0 bridgehead atoms. The molecule has 5 N–H and O–H groups in total. The SMILES string of the molecule is COC(=N)/C(=C\NCCCCCN)Nc1nc(N2CC[C@H](F)C2)nc2c1ncn2C(C)(C)C. The zero-order valence-corrected chi connectivity index (χ0v) is 20.0. The van der Waals surface area contributed by atoms with Gasteiger partial charge in [-0.3, -0.25) is 5.41 Å². The molecular formula is C22H36FN9O. The number of aromatic nitrogens is 4. The quantitative estimate of drug-likeness (QED) is 0.241. The van der Waals surface area contributed by atoms with E-state index in [0.29, 0.717) is 48.1 Å². The van der Waals surface area contributed by atoms with Crippen LogP contribution in [0.25, 0.3) is 11.2 Å². The van der Waals surface area contributed by atoms with Crippen LogP contribution in [0.1, 0.15) is 46.5 Å². The van der Waals surface area contributed by atoms with E-state index in [9.17, 15) is 4.39 Å². The lowest BCUT2D eigenvalue weighted by atomic mass is 10.1. The average molecular weight is 462 g/mol. The first-order valence-corrected chi connectivity index (χ1v) is 11.4. The van der Waals surface area contributed by atoms with Crippen molar-refractivity contribution >= 4 is 28.8 Å². The summed E-state index contributed by atoms with van der Waals surface area (Å²) in [6, 6.07) is 0. The molecule has 0 saturated carbocycles. The highest BCUT2D eigenvalue weighted by Gasteiger charge is 2.27. The summed E-state index contributed by atoms with van der Waals surface area (Å²) in [5.41, 5.74) is 6.92. The number of methoxy groups -OCH3 is 1. The highest BCUT2D eigenvalue weighted by molar-refractivity contribution is 5.96. The Morgan fingerprint density at radius 3 is 2.76 bits per heavy atom. The largest absolute Gasteiger partial charge is 0.480 e. The lowest BCUT2D eigenvalue weighted by Crippen LogP contribution is -2.25. The minimum atomic E-state index is -0.895. The van der Waals surface area contributed by atoms with Gasteiger partial charge in [0, 0.05) is 24.8 Å². The standard InChI is InChI=1S/C22H36FN9O/c1-22(2,3)32-14-27-17-19(29-21(30-20(17)32)31-11-8-15(23)13-31)28-16(18(25)33-4)12-26-10-7-5-6-9-24/h12,14-15,25-26H,5-11,13,24H2,1-4H3,(H,28,29,30)/b16-12+,25-18?/t15-/m0/s1. The van der Waals surface area contributed by atoms with Crippen molar-refractivity contribution in [2.24, 2.45) is 5.73 Å². The highest BCUT2D eigenvalue weighted by atomic mass is 19.1. The molecule has 2 aromatic rings. The fraction of sp³-hybridized carbons (Fsp3) is 0.636. The zero-order chi connectivity index (χ0) is 24.0. The van der Waals surface area contributed by atoms with Gasteiger partial charge in [0.05, 0.1) is 20.0 Å². The third-order valence-electron chi connectivity index (χ3n) is 5.49. The molecule has 1 aliphatic rings. The normalized spacial score (nSPS) is 17.0. The third kappa shape index (κ3) is 6.10. The van der Waals surface area contributed by atoms with Gasteiger partial charge >= 0.3 is 0 Å². The van der Waals surface area contributed by atoms with Crippen molar-refractivity contribution in [3.63, 3.8) is 0 Å². The van der Waals surface area contributed by atoms with E-state index in [1.807, 2.05) is 9.47 Å². The number of ether oxygens (including phenoxy) is 1. The highest BCUT2D eigenvalue weighted by Crippen LogP contribution is 2.29. The number of fused-ring (bicyclic) bond motifs is 1. The molecule has 1 aliphatic heterocycles.